The molecule has 1 heterocycles. The number of nitriles is 2. The van der Waals surface area contributed by atoms with Gasteiger partial charge in [-0.15, -0.1) is 0 Å². The first-order valence-electron chi connectivity index (χ1n) is 12.9. The van der Waals surface area contributed by atoms with Crippen LogP contribution in [0.1, 0.15) is 46.5 Å². The van der Waals surface area contributed by atoms with Crippen LogP contribution in [0.3, 0.4) is 0 Å². The smallest absolute Gasteiger partial charge is 0.194 e. The van der Waals surface area contributed by atoms with Gasteiger partial charge in [-0.2, -0.15) is 10.5 Å². The SMILES string of the molecule is Bc1ccc2c(c1)C(=O)/C(=C\c1ccc3c(c1)C(C)(C)c1ccccc1N3c1ccccc1)C2=C(C#N)C#N. The second-order valence-electron chi connectivity index (χ2n) is 10.5. The maximum Gasteiger partial charge on any atom is 0.194 e. The molecule has 0 amide bonds. The number of benzene rings is 4. The van der Waals surface area contributed by atoms with Gasteiger partial charge in [-0.25, -0.2) is 0 Å². The summed E-state index contributed by atoms with van der Waals surface area (Å²) in [5.74, 6) is -0.167. The number of fused-ring (bicyclic) bond motifs is 3. The summed E-state index contributed by atoms with van der Waals surface area (Å²) < 4.78 is 0. The van der Waals surface area contributed by atoms with Crippen LogP contribution in [0.15, 0.2) is 102 Å². The Morgan fingerprint density at radius 1 is 0.821 bits per heavy atom. The summed E-state index contributed by atoms with van der Waals surface area (Å²) in [6.45, 7) is 4.44. The average molecular weight is 501 g/mol. The summed E-state index contributed by atoms with van der Waals surface area (Å²) in [7, 11) is 1.93. The van der Waals surface area contributed by atoms with Gasteiger partial charge in [-0.05, 0) is 58.7 Å². The summed E-state index contributed by atoms with van der Waals surface area (Å²) in [6, 6.07) is 34.6. The Balaban J connectivity index is 1.56. The van der Waals surface area contributed by atoms with Crippen molar-refractivity contribution < 1.29 is 4.79 Å². The Hall–Kier alpha value is -5.13. The van der Waals surface area contributed by atoms with Crippen LogP contribution in [-0.2, 0) is 5.41 Å². The molecule has 4 aromatic rings. The molecule has 0 N–H and O–H groups in total. The van der Waals surface area contributed by atoms with E-state index in [4.69, 9.17) is 0 Å². The van der Waals surface area contributed by atoms with Crippen LogP contribution in [0.5, 0.6) is 0 Å². The van der Waals surface area contributed by atoms with Crippen molar-refractivity contribution in [3.05, 3.63) is 130 Å². The predicted molar refractivity (Wildman–Crippen MR) is 158 cm³/mol. The topological polar surface area (TPSA) is 67.9 Å². The summed E-state index contributed by atoms with van der Waals surface area (Å²) in [6.07, 6.45) is 1.82. The second kappa shape index (κ2) is 9.01. The Morgan fingerprint density at radius 3 is 2.26 bits per heavy atom. The lowest BCUT2D eigenvalue weighted by molar-refractivity contribution is 0.104. The van der Waals surface area contributed by atoms with Gasteiger partial charge in [0.1, 0.15) is 25.6 Å². The van der Waals surface area contributed by atoms with E-state index >= 15 is 0 Å². The molecular formula is C34H24BN3O. The van der Waals surface area contributed by atoms with Crippen LogP contribution < -0.4 is 10.4 Å². The lowest BCUT2D eigenvalue weighted by atomic mass is 9.73. The van der Waals surface area contributed by atoms with Gasteiger partial charge in [0.15, 0.2) is 5.78 Å². The summed E-state index contributed by atoms with van der Waals surface area (Å²) in [4.78, 5) is 15.9. The fourth-order valence-corrected chi connectivity index (χ4v) is 5.84. The molecule has 0 unspecified atom stereocenters. The number of anilines is 3. The molecule has 0 saturated carbocycles. The number of hydrogen-bond acceptors (Lipinski definition) is 4. The minimum absolute atomic E-state index is 0.0559. The van der Waals surface area contributed by atoms with Gasteiger partial charge < -0.3 is 4.90 Å². The van der Waals surface area contributed by atoms with Crippen LogP contribution in [0.25, 0.3) is 11.6 Å². The molecule has 0 atom stereocenters. The molecule has 0 fully saturated rings. The zero-order chi connectivity index (χ0) is 27.3. The molecule has 1 aliphatic heterocycles. The maximum absolute atomic E-state index is 13.6. The zero-order valence-corrected chi connectivity index (χ0v) is 22.0. The minimum atomic E-state index is -0.297. The van der Waals surface area contributed by atoms with E-state index in [0.29, 0.717) is 22.3 Å². The van der Waals surface area contributed by atoms with Crippen LogP contribution >= 0.6 is 0 Å². The zero-order valence-electron chi connectivity index (χ0n) is 22.0. The number of rotatable bonds is 2. The average Bonchev–Trinajstić information content (AvgIpc) is 3.21. The monoisotopic (exact) mass is 501 g/mol. The molecule has 0 aromatic heterocycles. The first-order valence-corrected chi connectivity index (χ1v) is 12.9. The number of ketones is 1. The van der Waals surface area contributed by atoms with Crippen molar-refractivity contribution in [1.82, 2.24) is 0 Å². The largest absolute Gasteiger partial charge is 0.310 e. The summed E-state index contributed by atoms with van der Waals surface area (Å²) in [5, 5.41) is 19.4. The molecule has 4 aromatic carbocycles. The second-order valence-corrected chi connectivity index (χ2v) is 10.5. The molecule has 5 heteroatoms. The Bertz CT molecular complexity index is 1820. The number of nitrogens with zero attached hydrogens (tertiary/aromatic N) is 3. The minimum Gasteiger partial charge on any atom is -0.310 e. The number of hydrogen-bond donors (Lipinski definition) is 0. The first-order chi connectivity index (χ1) is 18.8. The van der Waals surface area contributed by atoms with Gasteiger partial charge in [-0.1, -0.05) is 80.0 Å². The van der Waals surface area contributed by atoms with Gasteiger partial charge in [0.25, 0.3) is 0 Å². The number of para-hydroxylation sites is 2. The Kier molecular flexibility index (Phi) is 5.60. The van der Waals surface area contributed by atoms with E-state index in [1.807, 2.05) is 68.5 Å². The predicted octanol–water partition coefficient (Wildman–Crippen LogP) is 6.13. The van der Waals surface area contributed by atoms with E-state index in [0.717, 1.165) is 33.7 Å². The fourth-order valence-electron chi connectivity index (χ4n) is 5.84. The molecule has 0 saturated heterocycles. The summed E-state index contributed by atoms with van der Waals surface area (Å²) in [5.41, 5.74) is 9.03. The van der Waals surface area contributed by atoms with Crippen molar-refractivity contribution in [2.75, 3.05) is 4.90 Å². The fraction of sp³-hybridized carbons (Fsp3) is 0.0882. The van der Waals surface area contributed by atoms with Gasteiger partial charge in [0.2, 0.25) is 0 Å². The summed E-state index contributed by atoms with van der Waals surface area (Å²) >= 11 is 0. The molecule has 0 spiro atoms. The third-order valence-corrected chi connectivity index (χ3v) is 7.76. The van der Waals surface area contributed by atoms with Crippen LogP contribution in [0, 0.1) is 22.7 Å². The number of allylic oxidation sites excluding steroid dienone is 3. The third kappa shape index (κ3) is 3.71. The molecule has 39 heavy (non-hydrogen) atoms. The first kappa shape index (κ1) is 24.2. The van der Waals surface area contributed by atoms with Crippen molar-refractivity contribution in [2.45, 2.75) is 19.3 Å². The lowest BCUT2D eigenvalue weighted by Crippen LogP contribution is -2.30. The number of Topliss-reactive ketones (excluding diaryl/α,β-unsaturated/α-hetero) is 1. The highest BCUT2D eigenvalue weighted by atomic mass is 16.1. The highest BCUT2D eigenvalue weighted by Crippen LogP contribution is 2.52. The number of carbonyl (C=O) groups is 1. The molecule has 184 valence electrons. The molecule has 0 bridgehead atoms. The molecular weight excluding hydrogens is 477 g/mol. The van der Waals surface area contributed by atoms with E-state index in [1.165, 1.54) is 5.56 Å². The van der Waals surface area contributed by atoms with Gasteiger partial charge >= 0.3 is 0 Å². The molecule has 0 radical (unpaired) electrons. The van der Waals surface area contributed by atoms with Gasteiger partial charge in [-0.3, -0.25) is 4.79 Å². The third-order valence-electron chi connectivity index (χ3n) is 7.76. The van der Waals surface area contributed by atoms with Crippen LogP contribution in [0.2, 0.25) is 0 Å². The van der Waals surface area contributed by atoms with E-state index in [9.17, 15) is 15.3 Å². The van der Waals surface area contributed by atoms with Crippen molar-refractivity contribution in [1.29, 1.82) is 10.5 Å². The maximum atomic E-state index is 13.6. The van der Waals surface area contributed by atoms with Crippen LogP contribution in [-0.4, -0.2) is 13.6 Å². The van der Waals surface area contributed by atoms with Gasteiger partial charge in [0, 0.05) is 27.8 Å². The normalized spacial score (nSPS) is 15.7. The highest BCUT2D eigenvalue weighted by Gasteiger charge is 2.37. The van der Waals surface area contributed by atoms with Crippen molar-refractivity contribution in [3.8, 4) is 12.1 Å². The Morgan fingerprint density at radius 2 is 1.51 bits per heavy atom. The lowest BCUT2D eigenvalue weighted by Gasteiger charge is -2.42. The standard InChI is InChI=1S/C34H24BN3O/c1-34(2)28-10-6-7-11-30(28)38(24-8-4-3-5-9-24)31-15-12-21(17-29(31)34)16-27-32(22(19-36)20-37)25-14-13-23(35)18-26(25)33(27)39/h3-18H,35H2,1-2H3/b27-16-. The van der Waals surface area contributed by atoms with Crippen molar-refractivity contribution >= 4 is 47.8 Å². The van der Waals surface area contributed by atoms with E-state index in [2.05, 4.69) is 67.3 Å². The van der Waals surface area contributed by atoms with E-state index in [1.54, 1.807) is 0 Å². The van der Waals surface area contributed by atoms with E-state index < -0.39 is 0 Å². The van der Waals surface area contributed by atoms with Crippen molar-refractivity contribution in [3.63, 3.8) is 0 Å². The van der Waals surface area contributed by atoms with Crippen LogP contribution in [0.4, 0.5) is 17.1 Å². The van der Waals surface area contributed by atoms with Crippen molar-refractivity contribution in [2.24, 2.45) is 0 Å². The molecule has 2 aliphatic rings. The number of carbonyl (C=O) groups excluding carboxylic acids is 1. The molecule has 1 aliphatic carbocycles. The highest BCUT2D eigenvalue weighted by molar-refractivity contribution is 6.35. The van der Waals surface area contributed by atoms with E-state index in [-0.39, 0.29) is 16.8 Å². The quantitative estimate of drug-likeness (QED) is 0.188. The Labute approximate surface area is 229 Å². The molecule has 4 nitrogen and oxygen atoms in total. The van der Waals surface area contributed by atoms with Gasteiger partial charge in [0.05, 0.1) is 11.4 Å². The molecule has 6 rings (SSSR count).